The van der Waals surface area contributed by atoms with Crippen LogP contribution in [0.15, 0.2) is 54.7 Å². The molecule has 222 valence electrons. The van der Waals surface area contributed by atoms with E-state index in [0.717, 1.165) is 25.1 Å². The van der Waals surface area contributed by atoms with Crippen molar-refractivity contribution in [3.8, 4) is 17.4 Å². The van der Waals surface area contributed by atoms with Crippen molar-refractivity contribution in [3.63, 3.8) is 0 Å². The molecule has 4 heterocycles. The number of fused-ring (bicyclic) bond motifs is 2. The normalized spacial score (nSPS) is 24.3. The van der Waals surface area contributed by atoms with Crippen LogP contribution in [0.5, 0.6) is 17.4 Å². The third-order valence-corrected chi connectivity index (χ3v) is 8.83. The number of anilines is 1. The van der Waals surface area contributed by atoms with Gasteiger partial charge < -0.3 is 24.0 Å². The van der Waals surface area contributed by atoms with E-state index >= 15 is 4.39 Å². The number of benzene rings is 2. The van der Waals surface area contributed by atoms with Crippen LogP contribution in [0.3, 0.4) is 0 Å². The fraction of sp³-hybridized carbons (Fsp3) is 0.375. The molecule has 0 spiro atoms. The van der Waals surface area contributed by atoms with Crippen LogP contribution in [0.1, 0.15) is 47.2 Å². The molecule has 43 heavy (non-hydrogen) atoms. The van der Waals surface area contributed by atoms with E-state index in [1.807, 2.05) is 12.1 Å². The summed E-state index contributed by atoms with van der Waals surface area (Å²) in [5.41, 5.74) is 2.54. The van der Waals surface area contributed by atoms with E-state index in [-0.39, 0.29) is 43.9 Å². The van der Waals surface area contributed by atoms with Gasteiger partial charge in [-0.15, -0.1) is 0 Å². The first-order valence-corrected chi connectivity index (χ1v) is 14.5. The Balaban J connectivity index is 0.974. The summed E-state index contributed by atoms with van der Waals surface area (Å²) in [7, 11) is 1.61. The number of hydrogen-bond donors (Lipinski definition) is 1. The van der Waals surface area contributed by atoms with Gasteiger partial charge in [-0.1, -0.05) is 6.07 Å². The zero-order valence-electron chi connectivity index (χ0n) is 23.6. The summed E-state index contributed by atoms with van der Waals surface area (Å²) in [6, 6.07) is 13.6. The van der Waals surface area contributed by atoms with E-state index in [9.17, 15) is 14.4 Å². The lowest BCUT2D eigenvalue weighted by molar-refractivity contribution is -0.136. The molecule has 3 amide bonds. The van der Waals surface area contributed by atoms with Crippen molar-refractivity contribution >= 4 is 23.4 Å². The minimum absolute atomic E-state index is 0.0169. The van der Waals surface area contributed by atoms with Gasteiger partial charge in [-0.2, -0.15) is 0 Å². The van der Waals surface area contributed by atoms with Crippen LogP contribution in [0.4, 0.5) is 10.1 Å². The Morgan fingerprint density at radius 1 is 1.07 bits per heavy atom. The number of nitrogens with one attached hydrogen (secondary N) is 1. The highest BCUT2D eigenvalue weighted by Gasteiger charge is 2.51. The average Bonchev–Trinajstić information content (AvgIpc) is 3.75. The molecule has 4 atom stereocenters. The Labute approximate surface area is 247 Å². The fourth-order valence-corrected chi connectivity index (χ4v) is 6.50. The summed E-state index contributed by atoms with van der Waals surface area (Å²) in [5.74, 6) is 0.389. The van der Waals surface area contributed by atoms with Gasteiger partial charge in [0.1, 0.15) is 36.1 Å². The van der Waals surface area contributed by atoms with Gasteiger partial charge in [0.25, 0.3) is 5.91 Å². The fourth-order valence-electron chi connectivity index (χ4n) is 6.50. The minimum Gasteiger partial charge on any atom is -0.490 e. The molecule has 1 saturated carbocycles. The molecular formula is C32H31FN4O6. The van der Waals surface area contributed by atoms with E-state index in [2.05, 4.69) is 15.2 Å². The second-order valence-electron chi connectivity index (χ2n) is 11.4. The van der Waals surface area contributed by atoms with Gasteiger partial charge >= 0.3 is 0 Å². The lowest BCUT2D eigenvalue weighted by Crippen LogP contribution is -2.52. The molecule has 0 radical (unpaired) electrons. The lowest BCUT2D eigenvalue weighted by Gasteiger charge is -2.33. The van der Waals surface area contributed by atoms with Crippen LogP contribution in [0.25, 0.3) is 0 Å². The van der Waals surface area contributed by atoms with Crippen molar-refractivity contribution in [2.24, 2.45) is 5.92 Å². The first-order valence-electron chi connectivity index (χ1n) is 14.5. The van der Waals surface area contributed by atoms with Crippen LogP contribution >= 0.6 is 0 Å². The first-order chi connectivity index (χ1) is 20.9. The Morgan fingerprint density at radius 2 is 1.95 bits per heavy atom. The Morgan fingerprint density at radius 3 is 2.77 bits per heavy atom. The predicted molar refractivity (Wildman–Crippen MR) is 152 cm³/mol. The van der Waals surface area contributed by atoms with Gasteiger partial charge in [-0.05, 0) is 43.2 Å². The quantitative estimate of drug-likeness (QED) is 0.399. The van der Waals surface area contributed by atoms with E-state index in [1.165, 1.54) is 11.0 Å². The Bertz CT molecular complexity index is 1610. The van der Waals surface area contributed by atoms with Gasteiger partial charge in [0.05, 0.1) is 13.7 Å². The zero-order valence-corrected chi connectivity index (χ0v) is 23.6. The van der Waals surface area contributed by atoms with Crippen molar-refractivity contribution in [1.82, 2.24) is 15.2 Å². The number of methoxy groups -OCH3 is 1. The number of carbonyl (C=O) groups excluding carboxylic acids is 3. The number of imide groups is 1. The first kappa shape index (κ1) is 27.2. The third kappa shape index (κ3) is 5.13. The highest BCUT2D eigenvalue weighted by Crippen LogP contribution is 2.47. The molecule has 1 aromatic heterocycles. The smallest absolute Gasteiger partial charge is 0.255 e. The van der Waals surface area contributed by atoms with Gasteiger partial charge in [0, 0.05) is 72.1 Å². The number of nitrogens with zero attached hydrogens (tertiary/aromatic N) is 3. The van der Waals surface area contributed by atoms with E-state index in [0.29, 0.717) is 46.0 Å². The maximum Gasteiger partial charge on any atom is 0.255 e. The monoisotopic (exact) mass is 586 g/mol. The number of rotatable bonds is 8. The number of ether oxygens (including phenoxy) is 3. The molecule has 3 aromatic rings. The van der Waals surface area contributed by atoms with Gasteiger partial charge in [0.2, 0.25) is 17.7 Å². The minimum atomic E-state index is -0.715. The summed E-state index contributed by atoms with van der Waals surface area (Å²) >= 11 is 0. The van der Waals surface area contributed by atoms with Crippen molar-refractivity contribution in [2.75, 3.05) is 18.6 Å². The highest BCUT2D eigenvalue weighted by molar-refractivity contribution is 6.05. The molecule has 7 rings (SSSR count). The second kappa shape index (κ2) is 10.9. The lowest BCUT2D eigenvalue weighted by atomic mass is 10.0. The average molecular weight is 587 g/mol. The molecule has 2 saturated heterocycles. The molecule has 10 nitrogen and oxygen atoms in total. The molecule has 3 unspecified atom stereocenters. The summed E-state index contributed by atoms with van der Waals surface area (Å²) in [6.07, 6.45) is 4.08. The molecule has 3 fully saturated rings. The Hall–Kier alpha value is -4.67. The van der Waals surface area contributed by atoms with Crippen LogP contribution in [-0.2, 0) is 22.7 Å². The second-order valence-corrected chi connectivity index (χ2v) is 11.4. The number of amides is 3. The van der Waals surface area contributed by atoms with Crippen molar-refractivity contribution in [1.29, 1.82) is 0 Å². The molecule has 1 N–H and O–H groups in total. The van der Waals surface area contributed by atoms with Crippen LogP contribution in [0.2, 0.25) is 0 Å². The maximum absolute atomic E-state index is 15.2. The van der Waals surface area contributed by atoms with Crippen molar-refractivity contribution < 1.29 is 33.0 Å². The molecule has 3 aliphatic heterocycles. The summed E-state index contributed by atoms with van der Waals surface area (Å²) in [5, 5.41) is 2.31. The van der Waals surface area contributed by atoms with Crippen molar-refractivity contribution in [3.05, 3.63) is 77.2 Å². The highest BCUT2D eigenvalue weighted by atomic mass is 19.1. The number of aromatic nitrogens is 1. The number of piperidine rings is 2. The SMILES string of the molecule is COc1cc(N2CCC(Oc3ccc(COc4cccc5c4CN([C@H]4CCC(=O)NC4=O)C5=O)c(F)c3)C3CC32)ccn1. The standard InChI is InChI=1S/C32H31FN4O6/c1-41-30-13-19(9-11-34-30)36-12-10-28(22-15-26(22)36)43-20-6-5-18(24(33)14-20)17-42-27-4-2-3-21-23(27)16-37(32(21)40)25-7-8-29(38)35-31(25)39/h2-6,9,11,13-14,22,25-26,28H,7-8,10,12,15-17H2,1H3,(H,35,38,39)/t22?,25-,26?,28?/m0/s1. The van der Waals surface area contributed by atoms with Crippen LogP contribution in [-0.4, -0.2) is 59.4 Å². The molecule has 1 aliphatic carbocycles. The van der Waals surface area contributed by atoms with Crippen molar-refractivity contribution in [2.45, 2.75) is 57.0 Å². The maximum atomic E-state index is 15.2. The van der Waals surface area contributed by atoms with E-state index in [1.54, 1.807) is 43.6 Å². The van der Waals surface area contributed by atoms with E-state index in [4.69, 9.17) is 14.2 Å². The van der Waals surface area contributed by atoms with Gasteiger partial charge in [0.15, 0.2) is 0 Å². The third-order valence-electron chi connectivity index (χ3n) is 8.83. The zero-order chi connectivity index (χ0) is 29.7. The number of pyridine rings is 1. The largest absolute Gasteiger partial charge is 0.490 e. The topological polar surface area (TPSA) is 110 Å². The Kier molecular flexibility index (Phi) is 6.87. The summed E-state index contributed by atoms with van der Waals surface area (Å²) in [4.78, 5) is 45.0. The van der Waals surface area contributed by atoms with Crippen LogP contribution < -0.4 is 24.4 Å². The number of carbonyl (C=O) groups is 3. The molecule has 11 heteroatoms. The molecular weight excluding hydrogens is 555 g/mol. The summed E-state index contributed by atoms with van der Waals surface area (Å²) in [6.45, 7) is 0.980. The number of halogens is 1. The molecule has 4 aliphatic rings. The molecule has 0 bridgehead atoms. The predicted octanol–water partition coefficient (Wildman–Crippen LogP) is 3.62. The van der Waals surface area contributed by atoms with E-state index < -0.39 is 17.8 Å². The number of hydrogen-bond acceptors (Lipinski definition) is 8. The summed E-state index contributed by atoms with van der Waals surface area (Å²) < 4.78 is 32.7. The van der Waals surface area contributed by atoms with Crippen LogP contribution in [0, 0.1) is 11.7 Å². The molecule has 2 aromatic carbocycles. The van der Waals surface area contributed by atoms with Gasteiger partial charge in [-0.25, -0.2) is 9.37 Å². The van der Waals surface area contributed by atoms with Gasteiger partial charge in [-0.3, -0.25) is 19.7 Å².